The molecule has 0 saturated carbocycles. The predicted molar refractivity (Wildman–Crippen MR) is 53.5 cm³/mol. The third kappa shape index (κ3) is 3.09. The zero-order valence-corrected chi connectivity index (χ0v) is 9.05. The molecule has 0 aromatic heterocycles. The first-order valence-electron chi connectivity index (χ1n) is 4.24. The molecular formula is C10H10ClFO3. The van der Waals surface area contributed by atoms with Gasteiger partial charge in [-0.2, -0.15) is 0 Å². The van der Waals surface area contributed by atoms with Crippen molar-refractivity contribution in [3.05, 3.63) is 29.0 Å². The van der Waals surface area contributed by atoms with Gasteiger partial charge >= 0.3 is 5.97 Å². The summed E-state index contributed by atoms with van der Waals surface area (Å²) in [5.74, 6) is -0.883. The maximum Gasteiger partial charge on any atom is 0.346 e. The Morgan fingerprint density at radius 3 is 2.73 bits per heavy atom. The first-order valence-corrected chi connectivity index (χ1v) is 4.62. The highest BCUT2D eigenvalue weighted by atomic mass is 35.5. The molecule has 0 fully saturated rings. The van der Waals surface area contributed by atoms with Gasteiger partial charge in [-0.15, -0.1) is 0 Å². The van der Waals surface area contributed by atoms with Gasteiger partial charge in [0, 0.05) is 6.07 Å². The summed E-state index contributed by atoms with van der Waals surface area (Å²) in [5.41, 5.74) is 0. The summed E-state index contributed by atoms with van der Waals surface area (Å²) in [6.07, 6.45) is -0.782. The Labute approximate surface area is 91.7 Å². The highest BCUT2D eigenvalue weighted by Crippen LogP contribution is 2.21. The summed E-state index contributed by atoms with van der Waals surface area (Å²) < 4.78 is 22.6. The van der Waals surface area contributed by atoms with Crippen LogP contribution >= 0.6 is 11.6 Å². The van der Waals surface area contributed by atoms with Gasteiger partial charge in [0.25, 0.3) is 0 Å². The van der Waals surface area contributed by atoms with Gasteiger partial charge in [-0.1, -0.05) is 11.6 Å². The lowest BCUT2D eigenvalue weighted by Crippen LogP contribution is -2.24. The van der Waals surface area contributed by atoms with Gasteiger partial charge in [-0.25, -0.2) is 9.18 Å². The lowest BCUT2D eigenvalue weighted by atomic mass is 10.3. The normalized spacial score (nSPS) is 12.0. The van der Waals surface area contributed by atoms with Crippen LogP contribution in [0.1, 0.15) is 6.92 Å². The number of carbonyl (C=O) groups excluding carboxylic acids is 1. The first kappa shape index (κ1) is 11.8. The largest absolute Gasteiger partial charge is 0.479 e. The molecule has 1 atom stereocenters. The third-order valence-electron chi connectivity index (χ3n) is 1.74. The molecule has 5 heteroatoms. The van der Waals surface area contributed by atoms with Gasteiger partial charge in [-0.3, -0.25) is 0 Å². The Kier molecular flexibility index (Phi) is 3.91. The molecule has 0 spiro atoms. The van der Waals surface area contributed by atoms with Crippen molar-refractivity contribution in [1.29, 1.82) is 0 Å². The van der Waals surface area contributed by atoms with Crippen LogP contribution in [0.15, 0.2) is 18.2 Å². The van der Waals surface area contributed by atoms with E-state index in [1.165, 1.54) is 26.2 Å². The van der Waals surface area contributed by atoms with Crippen LogP contribution in [0.3, 0.4) is 0 Å². The van der Waals surface area contributed by atoms with Crippen LogP contribution in [0.25, 0.3) is 0 Å². The van der Waals surface area contributed by atoms with E-state index in [2.05, 4.69) is 4.74 Å². The molecule has 0 aliphatic rings. The van der Waals surface area contributed by atoms with Gasteiger partial charge in [0.05, 0.1) is 12.1 Å². The molecule has 1 aromatic rings. The molecule has 3 nitrogen and oxygen atoms in total. The Morgan fingerprint density at radius 2 is 2.20 bits per heavy atom. The van der Waals surface area contributed by atoms with Crippen molar-refractivity contribution in [1.82, 2.24) is 0 Å². The molecule has 15 heavy (non-hydrogen) atoms. The standard InChI is InChI=1S/C10H10ClFO3/c1-6(10(13)14-2)15-7-3-4-8(11)9(12)5-7/h3-6H,1-2H3. The van der Waals surface area contributed by atoms with E-state index in [1.54, 1.807) is 0 Å². The van der Waals surface area contributed by atoms with Crippen LogP contribution in [0, 0.1) is 5.82 Å². The van der Waals surface area contributed by atoms with E-state index < -0.39 is 17.9 Å². The minimum absolute atomic E-state index is 0.00747. The number of methoxy groups -OCH3 is 1. The predicted octanol–water partition coefficient (Wildman–Crippen LogP) is 2.42. The smallest absolute Gasteiger partial charge is 0.346 e. The molecular weight excluding hydrogens is 223 g/mol. The summed E-state index contributed by atoms with van der Waals surface area (Å²) in [5, 5.41) is 0.00747. The summed E-state index contributed by atoms with van der Waals surface area (Å²) in [6.45, 7) is 1.51. The fourth-order valence-corrected chi connectivity index (χ4v) is 1.09. The van der Waals surface area contributed by atoms with Gasteiger partial charge in [0.15, 0.2) is 6.10 Å². The first-order chi connectivity index (χ1) is 7.04. The van der Waals surface area contributed by atoms with Crippen LogP contribution in [0.2, 0.25) is 5.02 Å². The number of hydrogen-bond acceptors (Lipinski definition) is 3. The fourth-order valence-electron chi connectivity index (χ4n) is 0.968. The van der Waals surface area contributed by atoms with Crippen molar-refractivity contribution in [2.24, 2.45) is 0 Å². The molecule has 0 aliphatic heterocycles. The average Bonchev–Trinajstić information content (AvgIpc) is 2.22. The van der Waals surface area contributed by atoms with Crippen molar-refractivity contribution >= 4 is 17.6 Å². The summed E-state index contributed by atoms with van der Waals surface area (Å²) in [4.78, 5) is 11.0. The second-order valence-electron chi connectivity index (χ2n) is 2.86. The zero-order chi connectivity index (χ0) is 11.4. The molecule has 0 radical (unpaired) electrons. The molecule has 0 bridgehead atoms. The number of rotatable bonds is 3. The molecule has 0 N–H and O–H groups in total. The SMILES string of the molecule is COC(=O)C(C)Oc1ccc(Cl)c(F)c1. The summed E-state index contributed by atoms with van der Waals surface area (Å²) in [6, 6.07) is 3.95. The third-order valence-corrected chi connectivity index (χ3v) is 2.04. The number of ether oxygens (including phenoxy) is 2. The van der Waals surface area contributed by atoms with Gasteiger partial charge in [0.1, 0.15) is 11.6 Å². The van der Waals surface area contributed by atoms with E-state index in [0.29, 0.717) is 0 Å². The molecule has 82 valence electrons. The second kappa shape index (κ2) is 4.98. The van der Waals surface area contributed by atoms with Gasteiger partial charge in [-0.05, 0) is 19.1 Å². The lowest BCUT2D eigenvalue weighted by molar-refractivity contribution is -0.147. The quantitative estimate of drug-likeness (QED) is 0.751. The van der Waals surface area contributed by atoms with Crippen LogP contribution in [0.5, 0.6) is 5.75 Å². The number of esters is 1. The van der Waals surface area contributed by atoms with E-state index in [9.17, 15) is 9.18 Å². The van der Waals surface area contributed by atoms with Gasteiger partial charge < -0.3 is 9.47 Å². The minimum Gasteiger partial charge on any atom is -0.479 e. The van der Waals surface area contributed by atoms with Crippen LogP contribution in [-0.4, -0.2) is 19.2 Å². The zero-order valence-electron chi connectivity index (χ0n) is 8.29. The molecule has 1 aromatic carbocycles. The van der Waals surface area contributed by atoms with Crippen molar-refractivity contribution in [2.45, 2.75) is 13.0 Å². The molecule has 0 amide bonds. The monoisotopic (exact) mass is 232 g/mol. The summed E-state index contributed by atoms with van der Waals surface area (Å²) in [7, 11) is 1.25. The molecule has 0 heterocycles. The van der Waals surface area contributed by atoms with E-state index >= 15 is 0 Å². The van der Waals surface area contributed by atoms with E-state index in [0.717, 1.165) is 6.07 Å². The van der Waals surface area contributed by atoms with Crippen LogP contribution in [-0.2, 0) is 9.53 Å². The minimum atomic E-state index is -0.782. The highest BCUT2D eigenvalue weighted by molar-refractivity contribution is 6.30. The summed E-state index contributed by atoms with van der Waals surface area (Å²) >= 11 is 5.48. The Balaban J connectivity index is 2.73. The average molecular weight is 233 g/mol. The Hall–Kier alpha value is -1.29. The molecule has 1 unspecified atom stereocenters. The van der Waals surface area contributed by atoms with Crippen LogP contribution in [0.4, 0.5) is 4.39 Å². The number of carbonyl (C=O) groups is 1. The van der Waals surface area contributed by atoms with Crippen molar-refractivity contribution in [3.63, 3.8) is 0 Å². The van der Waals surface area contributed by atoms with Crippen LogP contribution < -0.4 is 4.74 Å². The Bertz CT molecular complexity index is 368. The molecule has 1 rings (SSSR count). The fraction of sp³-hybridized carbons (Fsp3) is 0.300. The molecule has 0 saturated heterocycles. The molecule has 0 aliphatic carbocycles. The highest BCUT2D eigenvalue weighted by Gasteiger charge is 2.15. The van der Waals surface area contributed by atoms with Crippen molar-refractivity contribution in [3.8, 4) is 5.75 Å². The van der Waals surface area contributed by atoms with E-state index in [4.69, 9.17) is 16.3 Å². The number of halogens is 2. The number of hydrogen-bond donors (Lipinski definition) is 0. The van der Waals surface area contributed by atoms with Crippen molar-refractivity contribution in [2.75, 3.05) is 7.11 Å². The van der Waals surface area contributed by atoms with E-state index in [-0.39, 0.29) is 10.8 Å². The van der Waals surface area contributed by atoms with Crippen molar-refractivity contribution < 1.29 is 18.7 Å². The maximum absolute atomic E-state index is 13.0. The number of benzene rings is 1. The van der Waals surface area contributed by atoms with E-state index in [1.807, 2.05) is 0 Å². The maximum atomic E-state index is 13.0. The van der Waals surface area contributed by atoms with Gasteiger partial charge in [0.2, 0.25) is 0 Å². The Morgan fingerprint density at radius 1 is 1.53 bits per heavy atom. The second-order valence-corrected chi connectivity index (χ2v) is 3.27. The lowest BCUT2D eigenvalue weighted by Gasteiger charge is -2.12. The topological polar surface area (TPSA) is 35.5 Å².